The molecule has 1 heteroatoms. The van der Waals surface area contributed by atoms with E-state index in [1.165, 1.54) is 27.8 Å². The topological polar surface area (TPSA) is 3.24 Å². The zero-order valence-corrected chi connectivity index (χ0v) is 15.1. The van der Waals surface area contributed by atoms with Crippen LogP contribution in [0.1, 0.15) is 63.3 Å². The van der Waals surface area contributed by atoms with Gasteiger partial charge < -0.3 is 4.90 Å². The van der Waals surface area contributed by atoms with Gasteiger partial charge in [-0.25, -0.2) is 0 Å². The minimum atomic E-state index is 0.609. The molecule has 0 heterocycles. The van der Waals surface area contributed by atoms with Crippen LogP contribution in [-0.4, -0.2) is 24.5 Å². The standard InChI is InChI=1S/C20H33N/c1-8-17(11-12-21(7)15(4)5)20-14-19(10-3)18(9-2)13-16(20)6/h8,13-15H,9-12H2,1-7H3/b17-8-. The van der Waals surface area contributed by atoms with E-state index in [0.29, 0.717) is 6.04 Å². The Morgan fingerprint density at radius 1 is 1.14 bits per heavy atom. The summed E-state index contributed by atoms with van der Waals surface area (Å²) in [5, 5.41) is 0. The predicted octanol–water partition coefficient (Wildman–Crippen LogP) is 5.25. The molecule has 0 bridgehead atoms. The van der Waals surface area contributed by atoms with E-state index in [4.69, 9.17) is 0 Å². The maximum absolute atomic E-state index is 2.43. The molecule has 0 saturated carbocycles. The summed E-state index contributed by atoms with van der Waals surface area (Å²) in [7, 11) is 2.21. The maximum atomic E-state index is 2.43. The first-order valence-corrected chi connectivity index (χ1v) is 8.42. The van der Waals surface area contributed by atoms with Crippen LogP contribution in [-0.2, 0) is 12.8 Å². The third-order valence-corrected chi connectivity index (χ3v) is 4.62. The van der Waals surface area contributed by atoms with Gasteiger partial charge in [0, 0.05) is 12.6 Å². The monoisotopic (exact) mass is 287 g/mol. The number of benzene rings is 1. The molecule has 1 aromatic rings. The van der Waals surface area contributed by atoms with Gasteiger partial charge in [0.1, 0.15) is 0 Å². The van der Waals surface area contributed by atoms with Gasteiger partial charge in [-0.15, -0.1) is 0 Å². The van der Waals surface area contributed by atoms with Crippen LogP contribution in [0.2, 0.25) is 0 Å². The summed E-state index contributed by atoms with van der Waals surface area (Å²) >= 11 is 0. The number of aryl methyl sites for hydroxylation is 3. The summed E-state index contributed by atoms with van der Waals surface area (Å²) < 4.78 is 0. The fourth-order valence-corrected chi connectivity index (χ4v) is 2.81. The molecular weight excluding hydrogens is 254 g/mol. The van der Waals surface area contributed by atoms with Crippen LogP contribution in [0.4, 0.5) is 0 Å². The van der Waals surface area contributed by atoms with Crippen molar-refractivity contribution in [2.75, 3.05) is 13.6 Å². The van der Waals surface area contributed by atoms with Crippen molar-refractivity contribution < 1.29 is 0 Å². The molecule has 0 unspecified atom stereocenters. The lowest BCUT2D eigenvalue weighted by atomic mass is 9.91. The molecule has 0 amide bonds. The second-order valence-electron chi connectivity index (χ2n) is 6.28. The Morgan fingerprint density at radius 2 is 1.71 bits per heavy atom. The SMILES string of the molecule is C/C=C(/CCN(C)C(C)C)c1cc(CC)c(CC)cc1C. The summed E-state index contributed by atoms with van der Waals surface area (Å²) in [5.41, 5.74) is 7.37. The van der Waals surface area contributed by atoms with E-state index in [2.05, 4.69) is 71.7 Å². The van der Waals surface area contributed by atoms with Crippen LogP contribution < -0.4 is 0 Å². The number of hydrogen-bond acceptors (Lipinski definition) is 1. The third-order valence-electron chi connectivity index (χ3n) is 4.62. The summed E-state index contributed by atoms with van der Waals surface area (Å²) in [5.74, 6) is 0. The predicted molar refractivity (Wildman–Crippen MR) is 96.0 cm³/mol. The normalized spacial score (nSPS) is 12.5. The highest BCUT2D eigenvalue weighted by atomic mass is 15.1. The van der Waals surface area contributed by atoms with Gasteiger partial charge in [-0.1, -0.05) is 32.1 Å². The van der Waals surface area contributed by atoms with Gasteiger partial charge in [0.15, 0.2) is 0 Å². The Labute approximate surface area is 132 Å². The maximum Gasteiger partial charge on any atom is 0.00356 e. The van der Waals surface area contributed by atoms with E-state index in [1.807, 2.05) is 0 Å². The highest BCUT2D eigenvalue weighted by Crippen LogP contribution is 2.26. The van der Waals surface area contributed by atoms with Crippen LogP contribution in [0.5, 0.6) is 0 Å². The molecule has 0 aromatic heterocycles. The highest BCUT2D eigenvalue weighted by molar-refractivity contribution is 5.69. The lowest BCUT2D eigenvalue weighted by molar-refractivity contribution is 0.280. The molecule has 0 aliphatic carbocycles. The van der Waals surface area contributed by atoms with Gasteiger partial charge in [0.2, 0.25) is 0 Å². The molecule has 0 N–H and O–H groups in total. The van der Waals surface area contributed by atoms with E-state index < -0.39 is 0 Å². The van der Waals surface area contributed by atoms with Crippen LogP contribution in [0.15, 0.2) is 18.2 Å². The molecule has 0 atom stereocenters. The fraction of sp³-hybridized carbons (Fsp3) is 0.600. The van der Waals surface area contributed by atoms with E-state index >= 15 is 0 Å². The highest BCUT2D eigenvalue weighted by Gasteiger charge is 2.11. The molecule has 1 rings (SSSR count). The fourth-order valence-electron chi connectivity index (χ4n) is 2.81. The molecular formula is C20H33N. The van der Waals surface area contributed by atoms with Crippen LogP contribution in [0.3, 0.4) is 0 Å². The minimum Gasteiger partial charge on any atom is -0.304 e. The van der Waals surface area contributed by atoms with Gasteiger partial charge in [-0.3, -0.25) is 0 Å². The molecule has 21 heavy (non-hydrogen) atoms. The Morgan fingerprint density at radius 3 is 2.19 bits per heavy atom. The van der Waals surface area contributed by atoms with Crippen LogP contribution in [0, 0.1) is 6.92 Å². The van der Waals surface area contributed by atoms with Gasteiger partial charge >= 0.3 is 0 Å². The van der Waals surface area contributed by atoms with E-state index in [1.54, 1.807) is 0 Å². The molecule has 1 nitrogen and oxygen atoms in total. The van der Waals surface area contributed by atoms with E-state index in [9.17, 15) is 0 Å². The average molecular weight is 287 g/mol. The molecule has 0 aliphatic heterocycles. The van der Waals surface area contributed by atoms with Gasteiger partial charge in [0.05, 0.1) is 0 Å². The smallest absolute Gasteiger partial charge is 0.00356 e. The molecule has 0 radical (unpaired) electrons. The summed E-state index contributed by atoms with van der Waals surface area (Å²) in [6.07, 6.45) is 5.67. The molecule has 1 aromatic carbocycles. The van der Waals surface area contributed by atoms with Crippen molar-refractivity contribution in [3.05, 3.63) is 40.5 Å². The number of rotatable bonds is 7. The number of hydrogen-bond donors (Lipinski definition) is 0. The molecule has 0 aliphatic rings. The second-order valence-corrected chi connectivity index (χ2v) is 6.28. The lowest BCUT2D eigenvalue weighted by Gasteiger charge is -2.22. The molecule has 0 saturated heterocycles. The number of nitrogens with zero attached hydrogens (tertiary/aromatic N) is 1. The van der Waals surface area contributed by atoms with Gasteiger partial charge in [-0.2, -0.15) is 0 Å². The van der Waals surface area contributed by atoms with Crippen molar-refractivity contribution >= 4 is 5.57 Å². The Kier molecular flexibility index (Phi) is 7.17. The Balaban J connectivity index is 3.01. The van der Waals surface area contributed by atoms with Crippen molar-refractivity contribution in [1.29, 1.82) is 0 Å². The van der Waals surface area contributed by atoms with Crippen LogP contribution >= 0.6 is 0 Å². The average Bonchev–Trinajstić information content (AvgIpc) is 2.48. The summed E-state index contributed by atoms with van der Waals surface area (Å²) in [6, 6.07) is 5.43. The number of allylic oxidation sites excluding steroid dienone is 1. The van der Waals surface area contributed by atoms with Crippen molar-refractivity contribution in [3.8, 4) is 0 Å². The third kappa shape index (κ3) is 4.71. The quantitative estimate of drug-likeness (QED) is 0.661. The minimum absolute atomic E-state index is 0.609. The first kappa shape index (κ1) is 18.0. The zero-order chi connectivity index (χ0) is 16.0. The van der Waals surface area contributed by atoms with E-state index in [-0.39, 0.29) is 0 Å². The molecule has 0 spiro atoms. The van der Waals surface area contributed by atoms with Crippen molar-refractivity contribution in [2.45, 2.75) is 66.8 Å². The molecule has 0 fully saturated rings. The summed E-state index contributed by atoms with van der Waals surface area (Å²) in [6.45, 7) is 14.6. The van der Waals surface area contributed by atoms with Crippen molar-refractivity contribution in [1.82, 2.24) is 4.90 Å². The summed E-state index contributed by atoms with van der Waals surface area (Å²) in [4.78, 5) is 2.42. The van der Waals surface area contributed by atoms with Crippen molar-refractivity contribution in [3.63, 3.8) is 0 Å². The first-order chi connectivity index (χ1) is 9.94. The Hall–Kier alpha value is -1.08. The van der Waals surface area contributed by atoms with Gasteiger partial charge in [0.25, 0.3) is 0 Å². The Bertz CT molecular complexity index is 483. The second kappa shape index (κ2) is 8.38. The van der Waals surface area contributed by atoms with Crippen molar-refractivity contribution in [2.24, 2.45) is 0 Å². The van der Waals surface area contributed by atoms with Gasteiger partial charge in [-0.05, 0) is 81.8 Å². The van der Waals surface area contributed by atoms with Crippen LogP contribution in [0.25, 0.3) is 5.57 Å². The lowest BCUT2D eigenvalue weighted by Crippen LogP contribution is -2.27. The largest absolute Gasteiger partial charge is 0.304 e. The first-order valence-electron chi connectivity index (χ1n) is 8.42. The molecule has 118 valence electrons. The zero-order valence-electron chi connectivity index (χ0n) is 15.1. The van der Waals surface area contributed by atoms with E-state index in [0.717, 1.165) is 25.8 Å².